The van der Waals surface area contributed by atoms with E-state index in [0.717, 1.165) is 38.8 Å². The molecule has 0 unspecified atom stereocenters. The molecule has 0 bridgehead atoms. The van der Waals surface area contributed by atoms with Gasteiger partial charge < -0.3 is 9.14 Å². The zero-order valence-electron chi connectivity index (χ0n) is 13.1. The van der Waals surface area contributed by atoms with Crippen molar-refractivity contribution in [3.63, 3.8) is 0 Å². The van der Waals surface area contributed by atoms with Crippen LogP contribution >= 0.6 is 11.6 Å². The highest BCUT2D eigenvalue weighted by Gasteiger charge is 2.10. The highest BCUT2D eigenvalue weighted by atomic mass is 35.5. The second-order valence-electron chi connectivity index (χ2n) is 5.52. The molecule has 0 saturated heterocycles. The molecule has 4 rings (SSSR count). The van der Waals surface area contributed by atoms with E-state index < -0.39 is 0 Å². The third-order valence-electron chi connectivity index (χ3n) is 4.00. The number of rotatable bonds is 3. The fourth-order valence-electron chi connectivity index (χ4n) is 2.79. The van der Waals surface area contributed by atoms with E-state index in [9.17, 15) is 0 Å². The van der Waals surface area contributed by atoms with E-state index in [1.54, 1.807) is 7.11 Å². The number of nitrogens with zero attached hydrogens (tertiary/aromatic N) is 2. The average Bonchev–Trinajstić information content (AvgIpc) is 3.07. The molecule has 0 spiro atoms. The average molecular weight is 335 g/mol. The first kappa shape index (κ1) is 14.8. The number of pyridine rings is 1. The van der Waals surface area contributed by atoms with Gasteiger partial charge in [-0.05, 0) is 42.0 Å². The second kappa shape index (κ2) is 6.02. The molecule has 0 amide bonds. The van der Waals surface area contributed by atoms with Gasteiger partial charge in [-0.1, -0.05) is 35.9 Å². The summed E-state index contributed by atoms with van der Waals surface area (Å²) in [5, 5.41) is 0.728. The highest BCUT2D eigenvalue weighted by Crippen LogP contribution is 2.29. The molecule has 2 aromatic heterocycles. The molecular formula is C20H15ClN2O. The minimum Gasteiger partial charge on any atom is -0.497 e. The Morgan fingerprint density at radius 3 is 2.58 bits per heavy atom. The predicted molar refractivity (Wildman–Crippen MR) is 97.6 cm³/mol. The summed E-state index contributed by atoms with van der Waals surface area (Å²) < 4.78 is 7.35. The van der Waals surface area contributed by atoms with Crippen molar-refractivity contribution >= 4 is 17.2 Å². The second-order valence-corrected chi connectivity index (χ2v) is 5.95. The first-order valence-electron chi connectivity index (χ1n) is 7.63. The zero-order chi connectivity index (χ0) is 16.5. The van der Waals surface area contributed by atoms with Gasteiger partial charge in [0.1, 0.15) is 11.4 Å². The van der Waals surface area contributed by atoms with Crippen LogP contribution in [0, 0.1) is 0 Å². The van der Waals surface area contributed by atoms with E-state index >= 15 is 0 Å². The topological polar surface area (TPSA) is 26.5 Å². The lowest BCUT2D eigenvalue weighted by molar-refractivity contribution is 0.415. The standard InChI is InChI=1S/C20H15ClN2O/c1-24-17-5-2-4-15(12-17)19-13-23-11-3-6-18(20(23)22-19)14-7-9-16(21)10-8-14/h2-13H,1H3. The molecule has 0 aliphatic rings. The van der Waals surface area contributed by atoms with Gasteiger partial charge in [0.05, 0.1) is 12.8 Å². The third kappa shape index (κ3) is 2.63. The number of methoxy groups -OCH3 is 1. The van der Waals surface area contributed by atoms with Crippen LogP contribution in [0.5, 0.6) is 5.75 Å². The Labute approximate surface area is 145 Å². The summed E-state index contributed by atoms with van der Waals surface area (Å²) in [6.45, 7) is 0. The quantitative estimate of drug-likeness (QED) is 0.506. The maximum atomic E-state index is 6.00. The van der Waals surface area contributed by atoms with Crippen molar-refractivity contribution in [3.05, 3.63) is 78.1 Å². The van der Waals surface area contributed by atoms with Crippen molar-refractivity contribution < 1.29 is 4.74 Å². The molecule has 0 saturated carbocycles. The van der Waals surface area contributed by atoms with Crippen LogP contribution in [-0.4, -0.2) is 16.5 Å². The number of halogens is 1. The molecule has 4 aromatic rings. The lowest BCUT2D eigenvalue weighted by atomic mass is 10.1. The SMILES string of the molecule is COc1cccc(-c2cn3cccc(-c4ccc(Cl)cc4)c3n2)c1. The van der Waals surface area contributed by atoms with Crippen molar-refractivity contribution in [1.29, 1.82) is 0 Å². The molecule has 4 heteroatoms. The van der Waals surface area contributed by atoms with Gasteiger partial charge in [-0.15, -0.1) is 0 Å². The van der Waals surface area contributed by atoms with Crippen molar-refractivity contribution in [2.45, 2.75) is 0 Å². The van der Waals surface area contributed by atoms with Crippen molar-refractivity contribution in [1.82, 2.24) is 9.38 Å². The van der Waals surface area contributed by atoms with E-state index in [2.05, 4.69) is 6.07 Å². The molecule has 3 nitrogen and oxygen atoms in total. The fraction of sp³-hybridized carbons (Fsp3) is 0.0500. The first-order chi connectivity index (χ1) is 11.7. The first-order valence-corrected chi connectivity index (χ1v) is 8.00. The summed E-state index contributed by atoms with van der Waals surface area (Å²) in [6.07, 6.45) is 4.04. The third-order valence-corrected chi connectivity index (χ3v) is 4.26. The maximum Gasteiger partial charge on any atom is 0.145 e. The number of fused-ring (bicyclic) bond motifs is 1. The van der Waals surface area contributed by atoms with Gasteiger partial charge >= 0.3 is 0 Å². The molecule has 2 aromatic carbocycles. The molecule has 118 valence electrons. The van der Waals surface area contributed by atoms with Gasteiger partial charge in [-0.25, -0.2) is 4.98 Å². The minimum absolute atomic E-state index is 0.728. The Balaban J connectivity index is 1.86. The summed E-state index contributed by atoms with van der Waals surface area (Å²) in [5.74, 6) is 0.822. The van der Waals surface area contributed by atoms with E-state index in [4.69, 9.17) is 21.3 Å². The van der Waals surface area contributed by atoms with Crippen LogP contribution < -0.4 is 4.74 Å². The Morgan fingerprint density at radius 2 is 1.79 bits per heavy atom. The molecule has 24 heavy (non-hydrogen) atoms. The van der Waals surface area contributed by atoms with E-state index in [1.165, 1.54) is 0 Å². The summed E-state index contributed by atoms with van der Waals surface area (Å²) >= 11 is 6.00. The molecule has 0 aliphatic carbocycles. The molecule has 0 atom stereocenters. The largest absolute Gasteiger partial charge is 0.497 e. The van der Waals surface area contributed by atoms with Gasteiger partial charge in [-0.2, -0.15) is 0 Å². The van der Waals surface area contributed by atoms with Gasteiger partial charge in [0, 0.05) is 28.5 Å². The van der Waals surface area contributed by atoms with E-state index in [1.807, 2.05) is 71.4 Å². The molecule has 0 aliphatic heterocycles. The predicted octanol–water partition coefficient (Wildman–Crippen LogP) is 5.33. The Kier molecular flexibility index (Phi) is 3.71. The normalized spacial score (nSPS) is 10.9. The molecule has 0 radical (unpaired) electrons. The Bertz CT molecular complexity index is 1010. The number of hydrogen-bond acceptors (Lipinski definition) is 2. The van der Waals surface area contributed by atoms with Gasteiger partial charge in [0.15, 0.2) is 0 Å². The van der Waals surface area contributed by atoms with Crippen LogP contribution in [0.4, 0.5) is 0 Å². The fourth-order valence-corrected chi connectivity index (χ4v) is 2.92. The monoisotopic (exact) mass is 334 g/mol. The van der Waals surface area contributed by atoms with Crippen LogP contribution in [0.1, 0.15) is 0 Å². The number of imidazole rings is 1. The van der Waals surface area contributed by atoms with Gasteiger partial charge in [0.2, 0.25) is 0 Å². The molecular weight excluding hydrogens is 320 g/mol. The van der Waals surface area contributed by atoms with Crippen molar-refractivity contribution in [3.8, 4) is 28.1 Å². The summed E-state index contributed by atoms with van der Waals surface area (Å²) in [4.78, 5) is 4.83. The number of aromatic nitrogens is 2. The van der Waals surface area contributed by atoms with Gasteiger partial charge in [0.25, 0.3) is 0 Å². The van der Waals surface area contributed by atoms with E-state index in [0.29, 0.717) is 0 Å². The van der Waals surface area contributed by atoms with Crippen LogP contribution in [0.3, 0.4) is 0 Å². The molecule has 2 heterocycles. The summed E-state index contributed by atoms with van der Waals surface area (Å²) in [5.41, 5.74) is 5.02. The van der Waals surface area contributed by atoms with Crippen molar-refractivity contribution in [2.75, 3.05) is 7.11 Å². The van der Waals surface area contributed by atoms with E-state index in [-0.39, 0.29) is 0 Å². The lowest BCUT2D eigenvalue weighted by Crippen LogP contribution is -1.86. The molecule has 0 fully saturated rings. The highest BCUT2D eigenvalue weighted by molar-refractivity contribution is 6.30. The number of ether oxygens (including phenoxy) is 1. The Morgan fingerprint density at radius 1 is 0.958 bits per heavy atom. The lowest BCUT2D eigenvalue weighted by Gasteiger charge is -2.03. The minimum atomic E-state index is 0.728. The number of hydrogen-bond donors (Lipinski definition) is 0. The maximum absolute atomic E-state index is 6.00. The summed E-state index contributed by atoms with van der Waals surface area (Å²) in [6, 6.07) is 19.8. The van der Waals surface area contributed by atoms with Gasteiger partial charge in [-0.3, -0.25) is 0 Å². The zero-order valence-corrected chi connectivity index (χ0v) is 13.9. The summed E-state index contributed by atoms with van der Waals surface area (Å²) in [7, 11) is 1.67. The van der Waals surface area contributed by atoms with Crippen LogP contribution in [0.25, 0.3) is 28.0 Å². The van der Waals surface area contributed by atoms with Crippen LogP contribution in [0.15, 0.2) is 73.1 Å². The smallest absolute Gasteiger partial charge is 0.145 e. The van der Waals surface area contributed by atoms with Crippen LogP contribution in [0.2, 0.25) is 5.02 Å². The number of benzene rings is 2. The Hall–Kier alpha value is -2.78. The van der Waals surface area contributed by atoms with Crippen molar-refractivity contribution in [2.24, 2.45) is 0 Å². The molecule has 0 N–H and O–H groups in total. The van der Waals surface area contributed by atoms with Crippen LogP contribution in [-0.2, 0) is 0 Å².